The van der Waals surface area contributed by atoms with Crippen LogP contribution in [0, 0.1) is 5.92 Å². The Balaban J connectivity index is 1.30. The van der Waals surface area contributed by atoms with Gasteiger partial charge in [0.1, 0.15) is 11.6 Å². The fourth-order valence-electron chi connectivity index (χ4n) is 3.58. The maximum Gasteiger partial charge on any atom is 0.242 e. The molecule has 1 saturated heterocycles. The van der Waals surface area contributed by atoms with Crippen molar-refractivity contribution in [3.63, 3.8) is 0 Å². The van der Waals surface area contributed by atoms with E-state index in [1.165, 1.54) is 37.9 Å². The summed E-state index contributed by atoms with van der Waals surface area (Å²) in [6, 6.07) is 8.56. The molecule has 2 heterocycles. The number of H-pyrrole nitrogens is 1. The molecular weight excluding hydrogens is 350 g/mol. The van der Waals surface area contributed by atoms with Gasteiger partial charge in [-0.2, -0.15) is 4.98 Å². The predicted molar refractivity (Wildman–Crippen MR) is 114 cm³/mol. The van der Waals surface area contributed by atoms with Gasteiger partial charge in [-0.05, 0) is 62.4 Å². The Bertz CT molecular complexity index is 694. The number of nitrogens with zero attached hydrogens (tertiary/aromatic N) is 3. The molecule has 0 saturated carbocycles. The number of piperidine rings is 1. The number of likely N-dealkylation sites (tertiary alicyclic amines) is 1. The number of nitrogens with one attached hydrogen (secondary N) is 2. The minimum atomic E-state index is 0.580. The highest BCUT2D eigenvalue weighted by Crippen LogP contribution is 2.18. The molecule has 0 spiro atoms. The van der Waals surface area contributed by atoms with E-state index in [2.05, 4.69) is 63.5 Å². The topological polar surface area (TPSA) is 66.1 Å². The van der Waals surface area contributed by atoms with Gasteiger partial charge in [0, 0.05) is 19.5 Å². The van der Waals surface area contributed by atoms with Gasteiger partial charge in [-0.3, -0.25) is 10.00 Å². The second-order valence-electron chi connectivity index (χ2n) is 8.17. The van der Waals surface area contributed by atoms with Crippen molar-refractivity contribution in [2.75, 3.05) is 31.6 Å². The number of rotatable bonds is 11. The summed E-state index contributed by atoms with van der Waals surface area (Å²) < 4.78 is 5.95. The van der Waals surface area contributed by atoms with Gasteiger partial charge in [-0.25, -0.2) is 0 Å². The van der Waals surface area contributed by atoms with E-state index < -0.39 is 0 Å². The Morgan fingerprint density at radius 2 is 2.04 bits per heavy atom. The van der Waals surface area contributed by atoms with Crippen LogP contribution in [0.4, 0.5) is 5.95 Å². The Morgan fingerprint density at radius 1 is 1.18 bits per heavy atom. The number of hydrogen-bond donors (Lipinski definition) is 2. The van der Waals surface area contributed by atoms with E-state index in [1.54, 1.807) is 0 Å². The van der Waals surface area contributed by atoms with Gasteiger partial charge in [0.2, 0.25) is 5.95 Å². The average molecular weight is 386 g/mol. The van der Waals surface area contributed by atoms with Crippen LogP contribution in [0.1, 0.15) is 57.3 Å². The minimum absolute atomic E-state index is 0.580. The Kier molecular flexibility index (Phi) is 8.15. The number of aromatic amines is 1. The van der Waals surface area contributed by atoms with Crippen LogP contribution < -0.4 is 10.1 Å². The molecule has 0 atom stereocenters. The minimum Gasteiger partial charge on any atom is -0.494 e. The van der Waals surface area contributed by atoms with Crippen LogP contribution in [0.25, 0.3) is 0 Å². The summed E-state index contributed by atoms with van der Waals surface area (Å²) in [7, 11) is 0. The molecule has 1 aliphatic heterocycles. The van der Waals surface area contributed by atoms with Crippen LogP contribution in [0.5, 0.6) is 5.75 Å². The van der Waals surface area contributed by atoms with Crippen molar-refractivity contribution in [1.82, 2.24) is 20.1 Å². The molecule has 6 nitrogen and oxygen atoms in total. The van der Waals surface area contributed by atoms with Crippen molar-refractivity contribution in [3.8, 4) is 5.75 Å². The van der Waals surface area contributed by atoms with E-state index in [0.717, 1.165) is 50.5 Å². The second-order valence-corrected chi connectivity index (χ2v) is 8.17. The van der Waals surface area contributed by atoms with Crippen LogP contribution in [-0.2, 0) is 13.0 Å². The van der Waals surface area contributed by atoms with Crippen LogP contribution in [0.15, 0.2) is 24.3 Å². The molecule has 0 radical (unpaired) electrons. The fourth-order valence-corrected chi connectivity index (χ4v) is 3.58. The Morgan fingerprint density at radius 3 is 2.86 bits per heavy atom. The van der Waals surface area contributed by atoms with E-state index in [0.29, 0.717) is 11.9 Å². The van der Waals surface area contributed by atoms with E-state index in [9.17, 15) is 0 Å². The first kappa shape index (κ1) is 20.6. The zero-order chi connectivity index (χ0) is 19.6. The molecule has 6 heteroatoms. The lowest BCUT2D eigenvalue weighted by atomic mass is 10.1. The standard InChI is InChI=1S/C22H35N5O/c1-18(2)15-21-24-22(26-25-21)23-11-4-7-14-28-20-10-8-9-19(16-20)17-27-12-5-3-6-13-27/h8-10,16,18H,3-7,11-15,17H2,1-2H3,(H2,23,24,25,26). The van der Waals surface area contributed by atoms with Gasteiger partial charge in [-0.1, -0.05) is 32.4 Å². The highest BCUT2D eigenvalue weighted by atomic mass is 16.5. The molecule has 1 fully saturated rings. The molecule has 0 aliphatic carbocycles. The maximum atomic E-state index is 5.95. The number of aromatic nitrogens is 3. The molecule has 1 aliphatic rings. The molecule has 154 valence electrons. The van der Waals surface area contributed by atoms with Gasteiger partial charge >= 0.3 is 0 Å². The summed E-state index contributed by atoms with van der Waals surface area (Å²) in [5.74, 6) is 3.21. The van der Waals surface area contributed by atoms with Crippen molar-refractivity contribution in [1.29, 1.82) is 0 Å². The number of ether oxygens (including phenoxy) is 1. The quantitative estimate of drug-likeness (QED) is 0.566. The molecule has 28 heavy (non-hydrogen) atoms. The first-order valence-electron chi connectivity index (χ1n) is 10.8. The highest BCUT2D eigenvalue weighted by molar-refractivity contribution is 5.28. The van der Waals surface area contributed by atoms with Crippen molar-refractivity contribution in [2.45, 2.75) is 58.9 Å². The summed E-state index contributed by atoms with van der Waals surface area (Å²) >= 11 is 0. The van der Waals surface area contributed by atoms with Gasteiger partial charge < -0.3 is 10.1 Å². The lowest BCUT2D eigenvalue weighted by Gasteiger charge is -2.26. The molecule has 0 amide bonds. The number of hydrogen-bond acceptors (Lipinski definition) is 5. The summed E-state index contributed by atoms with van der Waals surface area (Å²) in [6.45, 7) is 9.44. The van der Waals surface area contributed by atoms with Crippen molar-refractivity contribution in [2.24, 2.45) is 5.92 Å². The fraction of sp³-hybridized carbons (Fsp3) is 0.636. The average Bonchev–Trinajstić information content (AvgIpc) is 3.12. The van der Waals surface area contributed by atoms with Crippen LogP contribution >= 0.6 is 0 Å². The maximum absolute atomic E-state index is 5.95. The van der Waals surface area contributed by atoms with Crippen LogP contribution in [0.3, 0.4) is 0 Å². The van der Waals surface area contributed by atoms with Crippen LogP contribution in [0.2, 0.25) is 0 Å². The SMILES string of the molecule is CC(C)Cc1nc(NCCCCOc2cccc(CN3CCCCC3)c2)n[nH]1. The van der Waals surface area contributed by atoms with E-state index in [-0.39, 0.29) is 0 Å². The zero-order valence-corrected chi connectivity index (χ0v) is 17.4. The first-order chi connectivity index (χ1) is 13.7. The number of benzene rings is 1. The summed E-state index contributed by atoms with van der Waals surface area (Å²) in [5.41, 5.74) is 1.35. The molecule has 2 N–H and O–H groups in total. The van der Waals surface area contributed by atoms with Crippen molar-refractivity contribution < 1.29 is 4.74 Å². The Labute approximate surface area is 169 Å². The first-order valence-corrected chi connectivity index (χ1v) is 10.8. The zero-order valence-electron chi connectivity index (χ0n) is 17.4. The monoisotopic (exact) mass is 385 g/mol. The molecule has 0 bridgehead atoms. The van der Waals surface area contributed by atoms with Crippen LogP contribution in [-0.4, -0.2) is 46.3 Å². The molecule has 3 rings (SSSR count). The largest absolute Gasteiger partial charge is 0.494 e. The molecule has 0 unspecified atom stereocenters. The third-order valence-corrected chi connectivity index (χ3v) is 5.01. The second kappa shape index (κ2) is 11.1. The normalized spacial score (nSPS) is 15.1. The van der Waals surface area contributed by atoms with E-state index in [4.69, 9.17) is 4.74 Å². The van der Waals surface area contributed by atoms with Gasteiger partial charge in [0.15, 0.2) is 0 Å². The molecule has 2 aromatic rings. The van der Waals surface area contributed by atoms with Gasteiger partial charge in [-0.15, -0.1) is 5.10 Å². The Hall–Kier alpha value is -2.08. The summed E-state index contributed by atoms with van der Waals surface area (Å²) in [6.07, 6.45) is 7.01. The smallest absolute Gasteiger partial charge is 0.242 e. The third kappa shape index (κ3) is 7.15. The van der Waals surface area contributed by atoms with E-state index in [1.807, 2.05) is 0 Å². The van der Waals surface area contributed by atoms with Gasteiger partial charge in [0.05, 0.1) is 6.61 Å². The predicted octanol–water partition coefficient (Wildman–Crippen LogP) is 4.26. The lowest BCUT2D eigenvalue weighted by molar-refractivity contribution is 0.220. The lowest BCUT2D eigenvalue weighted by Crippen LogP contribution is -2.29. The van der Waals surface area contributed by atoms with Crippen molar-refractivity contribution >= 4 is 5.95 Å². The van der Waals surface area contributed by atoms with E-state index >= 15 is 0 Å². The molecule has 1 aromatic carbocycles. The molecular formula is C22H35N5O. The summed E-state index contributed by atoms with van der Waals surface area (Å²) in [4.78, 5) is 7.01. The van der Waals surface area contributed by atoms with Gasteiger partial charge in [0.25, 0.3) is 0 Å². The number of anilines is 1. The third-order valence-electron chi connectivity index (χ3n) is 5.01. The summed E-state index contributed by atoms with van der Waals surface area (Å²) in [5, 5.41) is 10.5. The van der Waals surface area contributed by atoms with Crippen molar-refractivity contribution in [3.05, 3.63) is 35.7 Å². The molecule has 1 aromatic heterocycles. The number of unbranched alkanes of at least 4 members (excludes halogenated alkanes) is 1. The highest BCUT2D eigenvalue weighted by Gasteiger charge is 2.10.